The number of rotatable bonds is 4. The van der Waals surface area contributed by atoms with E-state index in [4.69, 9.17) is 23.2 Å². The van der Waals surface area contributed by atoms with E-state index >= 15 is 0 Å². The van der Waals surface area contributed by atoms with Crippen LogP contribution in [0, 0.1) is 17.0 Å². The Hall–Kier alpha value is -1.37. The topological polar surface area (TPSA) is 68.1 Å². The standard InChI is InChI=1S/C11H9Cl2N3O2S/c1-6-11(19-5-15-6)4-14-9-2-7(12)8(13)3-10(9)16(17)18/h2-3,5,14H,4H2,1H3. The summed E-state index contributed by atoms with van der Waals surface area (Å²) in [6.45, 7) is 2.34. The minimum Gasteiger partial charge on any atom is -0.374 e. The van der Waals surface area contributed by atoms with Crippen LogP contribution in [0.2, 0.25) is 10.0 Å². The monoisotopic (exact) mass is 317 g/mol. The summed E-state index contributed by atoms with van der Waals surface area (Å²) in [5.41, 5.74) is 2.87. The van der Waals surface area contributed by atoms with E-state index in [9.17, 15) is 10.1 Å². The van der Waals surface area contributed by atoms with Gasteiger partial charge in [0.1, 0.15) is 5.69 Å². The van der Waals surface area contributed by atoms with E-state index in [0.717, 1.165) is 10.6 Å². The number of benzene rings is 1. The van der Waals surface area contributed by atoms with Crippen molar-refractivity contribution >= 4 is 45.9 Å². The molecule has 1 N–H and O–H groups in total. The van der Waals surface area contributed by atoms with E-state index in [-0.39, 0.29) is 15.7 Å². The van der Waals surface area contributed by atoms with Gasteiger partial charge in [-0.1, -0.05) is 23.2 Å². The molecule has 2 rings (SSSR count). The number of nitro groups is 1. The third kappa shape index (κ3) is 3.15. The molecule has 0 bridgehead atoms. The van der Waals surface area contributed by atoms with Crippen molar-refractivity contribution in [1.82, 2.24) is 4.98 Å². The normalized spacial score (nSPS) is 10.5. The molecule has 2 aromatic rings. The van der Waals surface area contributed by atoms with Crippen LogP contribution in [-0.4, -0.2) is 9.91 Å². The van der Waals surface area contributed by atoms with Gasteiger partial charge in [-0.3, -0.25) is 10.1 Å². The highest BCUT2D eigenvalue weighted by Crippen LogP contribution is 2.34. The van der Waals surface area contributed by atoms with Crippen LogP contribution in [0.15, 0.2) is 17.6 Å². The predicted molar refractivity (Wildman–Crippen MR) is 77.3 cm³/mol. The summed E-state index contributed by atoms with van der Waals surface area (Å²) in [6.07, 6.45) is 0. The smallest absolute Gasteiger partial charge is 0.293 e. The number of hydrogen-bond donors (Lipinski definition) is 1. The molecule has 100 valence electrons. The lowest BCUT2D eigenvalue weighted by atomic mass is 10.2. The van der Waals surface area contributed by atoms with Crippen molar-refractivity contribution in [3.8, 4) is 0 Å². The van der Waals surface area contributed by atoms with Gasteiger partial charge in [0.15, 0.2) is 0 Å². The summed E-state index contributed by atoms with van der Waals surface area (Å²) in [7, 11) is 0. The van der Waals surface area contributed by atoms with Gasteiger partial charge < -0.3 is 5.32 Å². The number of thiazole rings is 1. The predicted octanol–water partition coefficient (Wildman–Crippen LogP) is 4.28. The number of aryl methyl sites for hydroxylation is 1. The second-order valence-electron chi connectivity index (χ2n) is 3.76. The fraction of sp³-hybridized carbons (Fsp3) is 0.182. The third-order valence-corrected chi connectivity index (χ3v) is 4.18. The first-order valence-electron chi connectivity index (χ1n) is 5.25. The Bertz CT molecular complexity index is 630. The molecule has 8 heteroatoms. The lowest BCUT2D eigenvalue weighted by molar-refractivity contribution is -0.383. The molecule has 0 aliphatic carbocycles. The first-order chi connectivity index (χ1) is 8.99. The summed E-state index contributed by atoms with van der Waals surface area (Å²) in [6, 6.07) is 2.70. The average molecular weight is 318 g/mol. The largest absolute Gasteiger partial charge is 0.374 e. The second-order valence-corrected chi connectivity index (χ2v) is 5.51. The van der Waals surface area contributed by atoms with Crippen molar-refractivity contribution < 1.29 is 4.92 Å². The maximum Gasteiger partial charge on any atom is 0.293 e. The maximum absolute atomic E-state index is 11.0. The lowest BCUT2D eigenvalue weighted by Gasteiger charge is -2.07. The average Bonchev–Trinajstić information content (AvgIpc) is 2.75. The Morgan fingerprint density at radius 2 is 2.11 bits per heavy atom. The molecule has 0 unspecified atom stereocenters. The van der Waals surface area contributed by atoms with Gasteiger partial charge in [0, 0.05) is 10.9 Å². The number of nitrogens with one attached hydrogen (secondary N) is 1. The van der Waals surface area contributed by atoms with Crippen LogP contribution < -0.4 is 5.32 Å². The number of nitro benzene ring substituents is 1. The van der Waals surface area contributed by atoms with Gasteiger partial charge in [-0.05, 0) is 13.0 Å². The van der Waals surface area contributed by atoms with Crippen LogP contribution in [0.25, 0.3) is 0 Å². The molecule has 0 amide bonds. The number of anilines is 1. The molecule has 5 nitrogen and oxygen atoms in total. The van der Waals surface area contributed by atoms with Crippen LogP contribution in [0.3, 0.4) is 0 Å². The van der Waals surface area contributed by atoms with Crippen LogP contribution in [0.5, 0.6) is 0 Å². The Labute approximate surface area is 123 Å². The first-order valence-corrected chi connectivity index (χ1v) is 6.89. The molecule has 0 saturated carbocycles. The fourth-order valence-electron chi connectivity index (χ4n) is 1.50. The highest BCUT2D eigenvalue weighted by atomic mass is 35.5. The molecular weight excluding hydrogens is 309 g/mol. The van der Waals surface area contributed by atoms with Crippen molar-refractivity contribution in [3.63, 3.8) is 0 Å². The van der Waals surface area contributed by atoms with E-state index in [1.807, 2.05) is 6.92 Å². The van der Waals surface area contributed by atoms with E-state index < -0.39 is 4.92 Å². The van der Waals surface area contributed by atoms with Crippen molar-refractivity contribution in [2.75, 3.05) is 5.32 Å². The SMILES string of the molecule is Cc1ncsc1CNc1cc(Cl)c(Cl)cc1[N+](=O)[O-]. The maximum atomic E-state index is 11.0. The van der Waals surface area contributed by atoms with E-state index in [1.165, 1.54) is 23.5 Å². The molecule has 0 spiro atoms. The molecule has 0 saturated heterocycles. The van der Waals surface area contributed by atoms with Crippen molar-refractivity contribution in [3.05, 3.63) is 48.4 Å². The van der Waals surface area contributed by atoms with Gasteiger partial charge in [0.05, 0.1) is 32.7 Å². The van der Waals surface area contributed by atoms with Crippen LogP contribution in [0.1, 0.15) is 10.6 Å². The van der Waals surface area contributed by atoms with Crippen molar-refractivity contribution in [2.45, 2.75) is 13.5 Å². The van der Waals surface area contributed by atoms with E-state index in [1.54, 1.807) is 5.51 Å². The zero-order valence-corrected chi connectivity index (χ0v) is 12.1. The number of hydrogen-bond acceptors (Lipinski definition) is 5. The van der Waals surface area contributed by atoms with Crippen LogP contribution >= 0.6 is 34.5 Å². The molecule has 0 atom stereocenters. The summed E-state index contributed by atoms with van der Waals surface area (Å²) in [5.74, 6) is 0. The Balaban J connectivity index is 2.26. The van der Waals surface area contributed by atoms with Gasteiger partial charge in [0.25, 0.3) is 5.69 Å². The quantitative estimate of drug-likeness (QED) is 0.675. The minimum atomic E-state index is -0.496. The number of nitrogens with zero attached hydrogens (tertiary/aromatic N) is 2. The van der Waals surface area contributed by atoms with E-state index in [2.05, 4.69) is 10.3 Å². The Morgan fingerprint density at radius 1 is 1.42 bits per heavy atom. The van der Waals surface area contributed by atoms with Crippen LogP contribution in [-0.2, 0) is 6.54 Å². The molecule has 0 aliphatic rings. The molecular formula is C11H9Cl2N3O2S. The number of aromatic nitrogens is 1. The zero-order valence-electron chi connectivity index (χ0n) is 9.81. The van der Waals surface area contributed by atoms with Gasteiger partial charge in [-0.2, -0.15) is 0 Å². The highest BCUT2D eigenvalue weighted by molar-refractivity contribution is 7.09. The van der Waals surface area contributed by atoms with Gasteiger partial charge in [-0.15, -0.1) is 11.3 Å². The summed E-state index contributed by atoms with van der Waals surface area (Å²) >= 11 is 13.1. The van der Waals surface area contributed by atoms with E-state index in [0.29, 0.717) is 12.2 Å². The van der Waals surface area contributed by atoms with Crippen molar-refractivity contribution in [2.24, 2.45) is 0 Å². The molecule has 0 radical (unpaired) electrons. The first kappa shape index (κ1) is 14.0. The highest BCUT2D eigenvalue weighted by Gasteiger charge is 2.17. The molecule has 1 aromatic carbocycles. The Morgan fingerprint density at radius 3 is 2.68 bits per heavy atom. The minimum absolute atomic E-state index is 0.100. The fourth-order valence-corrected chi connectivity index (χ4v) is 2.54. The summed E-state index contributed by atoms with van der Waals surface area (Å²) in [5, 5.41) is 14.4. The van der Waals surface area contributed by atoms with Crippen LogP contribution in [0.4, 0.5) is 11.4 Å². The molecule has 1 heterocycles. The molecule has 0 aliphatic heterocycles. The van der Waals surface area contributed by atoms with Gasteiger partial charge in [0.2, 0.25) is 0 Å². The number of halogens is 2. The molecule has 19 heavy (non-hydrogen) atoms. The summed E-state index contributed by atoms with van der Waals surface area (Å²) in [4.78, 5) is 15.6. The zero-order chi connectivity index (χ0) is 14.0. The molecule has 1 aromatic heterocycles. The van der Waals surface area contributed by atoms with Gasteiger partial charge >= 0.3 is 0 Å². The van der Waals surface area contributed by atoms with Gasteiger partial charge in [-0.25, -0.2) is 4.98 Å². The third-order valence-electron chi connectivity index (χ3n) is 2.52. The molecule has 0 fully saturated rings. The van der Waals surface area contributed by atoms with Crippen molar-refractivity contribution in [1.29, 1.82) is 0 Å². The Kier molecular flexibility index (Phi) is 4.24. The second kappa shape index (κ2) is 5.73. The summed E-state index contributed by atoms with van der Waals surface area (Å²) < 4.78 is 0. The lowest BCUT2D eigenvalue weighted by Crippen LogP contribution is -2.02.